The lowest BCUT2D eigenvalue weighted by atomic mass is 10.3. The van der Waals surface area contributed by atoms with Crippen molar-refractivity contribution in [1.29, 1.82) is 0 Å². The van der Waals surface area contributed by atoms with Gasteiger partial charge in [0.05, 0.1) is 5.02 Å². The number of aliphatic hydroxyl groups is 1. The van der Waals surface area contributed by atoms with Crippen LogP contribution in [0.3, 0.4) is 0 Å². The maximum atomic E-state index is 11.2. The summed E-state index contributed by atoms with van der Waals surface area (Å²) in [6.45, 7) is 2.57. The molecule has 0 spiro atoms. The van der Waals surface area contributed by atoms with Gasteiger partial charge in [0.2, 0.25) is 5.91 Å². The molecule has 0 bridgehead atoms. The molecule has 1 aromatic carbocycles. The first-order valence-electron chi connectivity index (χ1n) is 6.79. The quantitative estimate of drug-likeness (QED) is 0.858. The van der Waals surface area contributed by atoms with Crippen molar-refractivity contribution in [2.24, 2.45) is 0 Å². The fourth-order valence-electron chi connectivity index (χ4n) is 2.12. The number of carbonyl (C=O) groups excluding carboxylic acids is 1. The van der Waals surface area contributed by atoms with Gasteiger partial charge in [-0.15, -0.1) is 0 Å². The maximum absolute atomic E-state index is 11.2. The predicted octanol–water partition coefficient (Wildman–Crippen LogP) is 1.55. The van der Waals surface area contributed by atoms with Crippen LogP contribution in [0.1, 0.15) is 6.42 Å². The summed E-state index contributed by atoms with van der Waals surface area (Å²) in [5.41, 5.74) is 0. The van der Waals surface area contributed by atoms with Crippen molar-refractivity contribution < 1.29 is 14.6 Å². The molecule has 1 saturated heterocycles. The first-order chi connectivity index (χ1) is 10.0. The molecule has 1 heterocycles. The van der Waals surface area contributed by atoms with Gasteiger partial charge in [-0.2, -0.15) is 0 Å². The molecule has 7 heteroatoms. The number of ether oxygens (including phenoxy) is 1. The Balaban J connectivity index is 1.78. The molecule has 1 atom stereocenters. The predicted molar refractivity (Wildman–Crippen MR) is 82.0 cm³/mol. The minimum atomic E-state index is -0.648. The standard InChI is InChI=1S/C14H18Cl2N2O3/c15-10-1-2-13(12(16)7-10)21-9-11(19)8-18-5-3-14(20)17-4-6-18/h1-2,7,11,19H,3-6,8-9H2,(H,17,20). The maximum Gasteiger partial charge on any atom is 0.221 e. The highest BCUT2D eigenvalue weighted by Gasteiger charge is 2.17. The van der Waals surface area contributed by atoms with Crippen LogP contribution in [0.5, 0.6) is 5.75 Å². The van der Waals surface area contributed by atoms with Crippen molar-refractivity contribution in [2.45, 2.75) is 12.5 Å². The Hall–Kier alpha value is -1.01. The van der Waals surface area contributed by atoms with E-state index in [1.165, 1.54) is 0 Å². The lowest BCUT2D eigenvalue weighted by molar-refractivity contribution is -0.120. The van der Waals surface area contributed by atoms with Gasteiger partial charge in [-0.25, -0.2) is 0 Å². The van der Waals surface area contributed by atoms with Gasteiger partial charge in [0.15, 0.2) is 0 Å². The van der Waals surface area contributed by atoms with Crippen LogP contribution in [0.2, 0.25) is 10.0 Å². The minimum absolute atomic E-state index is 0.0520. The molecule has 0 aliphatic carbocycles. The van der Waals surface area contributed by atoms with Gasteiger partial charge in [0, 0.05) is 37.6 Å². The molecule has 1 aliphatic rings. The third-order valence-corrected chi connectivity index (χ3v) is 3.73. The number of benzene rings is 1. The van der Waals surface area contributed by atoms with Crippen LogP contribution >= 0.6 is 23.2 Å². The van der Waals surface area contributed by atoms with E-state index >= 15 is 0 Å². The van der Waals surface area contributed by atoms with Gasteiger partial charge in [-0.3, -0.25) is 9.69 Å². The Morgan fingerprint density at radius 1 is 1.38 bits per heavy atom. The first-order valence-corrected chi connectivity index (χ1v) is 7.55. The van der Waals surface area contributed by atoms with E-state index < -0.39 is 6.10 Å². The first kappa shape index (κ1) is 16.4. The van der Waals surface area contributed by atoms with Crippen molar-refractivity contribution in [3.8, 4) is 5.75 Å². The van der Waals surface area contributed by atoms with Crippen LogP contribution < -0.4 is 10.1 Å². The second kappa shape index (κ2) is 7.84. The average Bonchev–Trinajstić information content (AvgIpc) is 2.63. The van der Waals surface area contributed by atoms with Crippen molar-refractivity contribution >= 4 is 29.1 Å². The van der Waals surface area contributed by atoms with Crippen LogP contribution in [-0.4, -0.2) is 54.8 Å². The minimum Gasteiger partial charge on any atom is -0.489 e. The molecule has 1 unspecified atom stereocenters. The largest absolute Gasteiger partial charge is 0.489 e. The molecule has 1 aliphatic heterocycles. The molecule has 116 valence electrons. The second-order valence-electron chi connectivity index (χ2n) is 4.94. The lowest BCUT2D eigenvalue weighted by Crippen LogP contribution is -2.37. The van der Waals surface area contributed by atoms with Crippen LogP contribution in [0.15, 0.2) is 18.2 Å². The van der Waals surface area contributed by atoms with Crippen LogP contribution in [0.25, 0.3) is 0 Å². The summed E-state index contributed by atoms with van der Waals surface area (Å²) in [5, 5.41) is 13.8. The molecule has 1 fully saturated rings. The highest BCUT2D eigenvalue weighted by molar-refractivity contribution is 6.35. The molecule has 1 aromatic rings. The molecule has 1 amide bonds. The summed E-state index contributed by atoms with van der Waals surface area (Å²) >= 11 is 11.8. The third-order valence-electron chi connectivity index (χ3n) is 3.20. The SMILES string of the molecule is O=C1CCN(CC(O)COc2ccc(Cl)cc2Cl)CCN1. The highest BCUT2D eigenvalue weighted by Crippen LogP contribution is 2.27. The van der Waals surface area contributed by atoms with E-state index in [4.69, 9.17) is 27.9 Å². The summed E-state index contributed by atoms with van der Waals surface area (Å²) < 4.78 is 5.50. The topological polar surface area (TPSA) is 61.8 Å². The Morgan fingerprint density at radius 2 is 2.19 bits per heavy atom. The normalized spacial score (nSPS) is 18.0. The van der Waals surface area contributed by atoms with Crippen LogP contribution in [0.4, 0.5) is 0 Å². The van der Waals surface area contributed by atoms with Gasteiger partial charge in [-0.05, 0) is 18.2 Å². The molecule has 0 radical (unpaired) electrons. The summed E-state index contributed by atoms with van der Waals surface area (Å²) in [6.07, 6.45) is -0.193. The number of aliphatic hydroxyl groups excluding tert-OH is 1. The van der Waals surface area contributed by atoms with E-state index in [0.717, 1.165) is 6.54 Å². The van der Waals surface area contributed by atoms with Crippen LogP contribution in [0, 0.1) is 0 Å². The summed E-state index contributed by atoms with van der Waals surface area (Å²) in [4.78, 5) is 13.3. The Morgan fingerprint density at radius 3 is 2.95 bits per heavy atom. The van der Waals surface area contributed by atoms with Crippen molar-refractivity contribution in [1.82, 2.24) is 10.2 Å². The number of nitrogens with one attached hydrogen (secondary N) is 1. The highest BCUT2D eigenvalue weighted by atomic mass is 35.5. The van der Waals surface area contributed by atoms with E-state index in [9.17, 15) is 9.90 Å². The average molecular weight is 333 g/mol. The number of amides is 1. The second-order valence-corrected chi connectivity index (χ2v) is 5.78. The van der Waals surface area contributed by atoms with Crippen molar-refractivity contribution in [3.05, 3.63) is 28.2 Å². The molecule has 5 nitrogen and oxygen atoms in total. The van der Waals surface area contributed by atoms with E-state index in [2.05, 4.69) is 5.32 Å². The molecular formula is C14H18Cl2N2O3. The lowest BCUT2D eigenvalue weighted by Gasteiger charge is -2.22. The molecular weight excluding hydrogens is 315 g/mol. The number of carbonyl (C=O) groups is 1. The molecule has 0 aromatic heterocycles. The van der Waals surface area contributed by atoms with Gasteiger partial charge in [0.25, 0.3) is 0 Å². The van der Waals surface area contributed by atoms with Crippen LogP contribution in [-0.2, 0) is 4.79 Å². The van der Waals surface area contributed by atoms with Crippen molar-refractivity contribution in [2.75, 3.05) is 32.8 Å². The number of halogens is 2. The van der Waals surface area contributed by atoms with Gasteiger partial charge >= 0.3 is 0 Å². The van der Waals surface area contributed by atoms with Crippen molar-refractivity contribution in [3.63, 3.8) is 0 Å². The summed E-state index contributed by atoms with van der Waals surface area (Å²) in [5.74, 6) is 0.545. The van der Waals surface area contributed by atoms with E-state index in [-0.39, 0.29) is 12.5 Å². The van der Waals surface area contributed by atoms with Gasteiger partial charge in [0.1, 0.15) is 18.5 Å². The fourth-order valence-corrected chi connectivity index (χ4v) is 2.59. The number of β-amino-alcohol motifs (C(OH)–C–C–N with tert-alkyl or cyclic N) is 1. The fraction of sp³-hybridized carbons (Fsp3) is 0.500. The monoisotopic (exact) mass is 332 g/mol. The Bertz CT molecular complexity index is 499. The summed E-state index contributed by atoms with van der Waals surface area (Å²) in [6, 6.07) is 4.95. The molecule has 2 N–H and O–H groups in total. The molecule has 2 rings (SSSR count). The van der Waals surface area contributed by atoms with E-state index in [1.807, 2.05) is 4.90 Å². The number of hydrogen-bond acceptors (Lipinski definition) is 4. The zero-order chi connectivity index (χ0) is 15.2. The number of nitrogens with zero attached hydrogens (tertiary/aromatic N) is 1. The van der Waals surface area contributed by atoms with E-state index in [0.29, 0.717) is 41.8 Å². The molecule has 21 heavy (non-hydrogen) atoms. The van der Waals surface area contributed by atoms with Gasteiger partial charge in [-0.1, -0.05) is 23.2 Å². The zero-order valence-corrected chi connectivity index (χ0v) is 13.0. The van der Waals surface area contributed by atoms with E-state index in [1.54, 1.807) is 18.2 Å². The number of rotatable bonds is 5. The molecule has 0 saturated carbocycles. The Kier molecular flexibility index (Phi) is 6.11. The zero-order valence-electron chi connectivity index (χ0n) is 11.5. The summed E-state index contributed by atoms with van der Waals surface area (Å²) in [7, 11) is 0. The smallest absolute Gasteiger partial charge is 0.221 e. The van der Waals surface area contributed by atoms with Gasteiger partial charge < -0.3 is 15.2 Å². The third kappa shape index (κ3) is 5.36. The Labute approximate surface area is 133 Å². The number of hydrogen-bond donors (Lipinski definition) is 2.